The van der Waals surface area contributed by atoms with Gasteiger partial charge in [-0.2, -0.15) is 4.31 Å². The summed E-state index contributed by atoms with van der Waals surface area (Å²) < 4.78 is 31.8. The summed E-state index contributed by atoms with van der Waals surface area (Å²) in [4.78, 5) is 27.4. The highest BCUT2D eigenvalue weighted by atomic mass is 35.5. The molecule has 38 heavy (non-hydrogen) atoms. The minimum absolute atomic E-state index is 0.111. The molecule has 0 saturated carbocycles. The number of nitrogens with one attached hydrogen (secondary N) is 1. The molecule has 0 atom stereocenters. The summed E-state index contributed by atoms with van der Waals surface area (Å²) in [5.74, 6) is -0.113. The third-order valence-corrected chi connectivity index (χ3v) is 10.5. The number of carbonyl (C=O) groups excluding carboxylic acids is 1. The van der Waals surface area contributed by atoms with Crippen LogP contribution in [0.4, 0.5) is 5.69 Å². The van der Waals surface area contributed by atoms with E-state index in [1.165, 1.54) is 6.07 Å². The van der Waals surface area contributed by atoms with Gasteiger partial charge in [-0.15, -0.1) is 0 Å². The Bertz CT molecular complexity index is 1570. The Hall–Kier alpha value is -2.66. The van der Waals surface area contributed by atoms with E-state index in [4.69, 9.17) is 11.6 Å². The first-order valence-electron chi connectivity index (χ1n) is 12.8. The van der Waals surface area contributed by atoms with E-state index in [0.29, 0.717) is 17.3 Å². The summed E-state index contributed by atoms with van der Waals surface area (Å²) in [6.45, 7) is 6.15. The van der Waals surface area contributed by atoms with E-state index in [0.717, 1.165) is 43.4 Å². The van der Waals surface area contributed by atoms with Crippen LogP contribution in [0.5, 0.6) is 0 Å². The lowest BCUT2D eigenvalue weighted by atomic mass is 9.74. The SMILES string of the molecule is Cn1c(=O)n(C)c2cc(NC(=O)CN3CCC4(CC3)CN(S(=O)(=O)c3cccc(Cl)c3)C(C)(C)C4)ccc21. The normalized spacial score (nSPS) is 19.8. The number of aromatic nitrogens is 2. The Labute approximate surface area is 228 Å². The third kappa shape index (κ3) is 4.79. The summed E-state index contributed by atoms with van der Waals surface area (Å²) in [5.41, 5.74) is 1.47. The number of imidazole rings is 1. The van der Waals surface area contributed by atoms with Crippen molar-refractivity contribution in [1.82, 2.24) is 18.3 Å². The number of rotatable bonds is 5. The zero-order valence-electron chi connectivity index (χ0n) is 22.2. The number of halogens is 1. The number of carbonyl (C=O) groups is 1. The van der Waals surface area contributed by atoms with E-state index in [2.05, 4.69) is 10.2 Å². The molecule has 2 aliphatic rings. The lowest BCUT2D eigenvalue weighted by Gasteiger charge is -2.39. The van der Waals surface area contributed by atoms with Crippen molar-refractivity contribution >= 4 is 44.3 Å². The van der Waals surface area contributed by atoms with Crippen LogP contribution in [0.15, 0.2) is 52.2 Å². The van der Waals surface area contributed by atoms with Gasteiger partial charge in [-0.05, 0) is 88.0 Å². The van der Waals surface area contributed by atoms with Gasteiger partial charge in [0.25, 0.3) is 0 Å². The average molecular weight is 560 g/mol. The molecule has 2 saturated heterocycles. The van der Waals surface area contributed by atoms with Crippen molar-refractivity contribution in [3.8, 4) is 0 Å². The Morgan fingerprint density at radius 3 is 2.39 bits per heavy atom. The van der Waals surface area contributed by atoms with E-state index in [9.17, 15) is 18.0 Å². The largest absolute Gasteiger partial charge is 0.328 e. The van der Waals surface area contributed by atoms with E-state index < -0.39 is 15.6 Å². The molecule has 0 bridgehead atoms. The second-order valence-electron chi connectivity index (χ2n) is 11.4. The van der Waals surface area contributed by atoms with Crippen LogP contribution in [0.2, 0.25) is 5.02 Å². The van der Waals surface area contributed by atoms with Gasteiger partial charge in [-0.1, -0.05) is 17.7 Å². The Morgan fingerprint density at radius 1 is 1.03 bits per heavy atom. The van der Waals surface area contributed by atoms with Crippen molar-refractivity contribution in [2.24, 2.45) is 19.5 Å². The number of amides is 1. The zero-order chi connectivity index (χ0) is 27.5. The first kappa shape index (κ1) is 26.9. The zero-order valence-corrected chi connectivity index (χ0v) is 23.8. The molecule has 3 heterocycles. The van der Waals surface area contributed by atoms with Crippen LogP contribution in [-0.2, 0) is 28.9 Å². The van der Waals surface area contributed by atoms with Gasteiger partial charge in [0.1, 0.15) is 0 Å². The van der Waals surface area contributed by atoms with Crippen LogP contribution in [0, 0.1) is 5.41 Å². The molecule has 2 fully saturated rings. The molecule has 1 spiro atoms. The Morgan fingerprint density at radius 2 is 1.71 bits per heavy atom. The van der Waals surface area contributed by atoms with Crippen molar-refractivity contribution in [3.05, 3.63) is 58.0 Å². The van der Waals surface area contributed by atoms with Gasteiger partial charge >= 0.3 is 5.69 Å². The fourth-order valence-electron chi connectivity index (χ4n) is 6.25. The van der Waals surface area contributed by atoms with E-state index >= 15 is 0 Å². The van der Waals surface area contributed by atoms with E-state index in [1.54, 1.807) is 51.8 Å². The molecule has 2 aromatic carbocycles. The fourth-order valence-corrected chi connectivity index (χ4v) is 8.45. The second-order valence-corrected chi connectivity index (χ2v) is 13.7. The molecule has 0 radical (unpaired) electrons. The molecule has 3 aromatic rings. The van der Waals surface area contributed by atoms with Gasteiger partial charge in [0.2, 0.25) is 15.9 Å². The monoisotopic (exact) mass is 559 g/mol. The molecule has 1 N–H and O–H groups in total. The number of aryl methyl sites for hydroxylation is 2. The maximum absolute atomic E-state index is 13.5. The number of hydrogen-bond donors (Lipinski definition) is 1. The van der Waals surface area contributed by atoms with Crippen LogP contribution in [-0.4, -0.2) is 64.4 Å². The summed E-state index contributed by atoms with van der Waals surface area (Å²) in [6, 6.07) is 11.9. The molecule has 204 valence electrons. The van der Waals surface area contributed by atoms with Gasteiger partial charge in [0.05, 0.1) is 22.5 Å². The smallest absolute Gasteiger partial charge is 0.325 e. The summed E-state index contributed by atoms with van der Waals surface area (Å²) in [7, 11) is -0.244. The molecular weight excluding hydrogens is 526 g/mol. The minimum Gasteiger partial charge on any atom is -0.325 e. The number of hydrogen-bond acceptors (Lipinski definition) is 5. The summed E-state index contributed by atoms with van der Waals surface area (Å²) in [6.07, 6.45) is 2.42. The number of likely N-dealkylation sites (tertiary alicyclic amines) is 1. The first-order valence-corrected chi connectivity index (χ1v) is 14.6. The van der Waals surface area contributed by atoms with Crippen molar-refractivity contribution in [3.63, 3.8) is 0 Å². The molecular formula is C27H34ClN5O4S. The predicted octanol–water partition coefficient (Wildman–Crippen LogP) is 3.42. The molecule has 2 aliphatic heterocycles. The average Bonchev–Trinajstić information content (AvgIpc) is 3.25. The number of fused-ring (bicyclic) bond motifs is 1. The molecule has 0 unspecified atom stereocenters. The van der Waals surface area contributed by atoms with Crippen molar-refractivity contribution in [1.29, 1.82) is 0 Å². The van der Waals surface area contributed by atoms with Crippen LogP contribution in [0.3, 0.4) is 0 Å². The Kier molecular flexibility index (Phi) is 6.74. The van der Waals surface area contributed by atoms with Crippen molar-refractivity contribution in [2.45, 2.75) is 43.5 Å². The standard InChI is InChI=1S/C27H34ClN5O4S/c1-26(2)17-27(18-33(26)38(36,37)21-7-5-6-19(28)14-21)10-12-32(13-11-27)16-24(34)29-20-8-9-22-23(15-20)31(4)25(35)30(22)3/h5-9,14-15H,10-13,16-18H2,1-4H3,(H,29,34). The molecule has 9 nitrogen and oxygen atoms in total. The van der Waals surface area contributed by atoms with Crippen LogP contribution in [0.1, 0.15) is 33.1 Å². The van der Waals surface area contributed by atoms with Crippen LogP contribution >= 0.6 is 11.6 Å². The van der Waals surface area contributed by atoms with Gasteiger partial charge in [-0.25, -0.2) is 13.2 Å². The van der Waals surface area contributed by atoms with Gasteiger partial charge in [0, 0.05) is 36.9 Å². The van der Waals surface area contributed by atoms with Gasteiger partial charge in [-0.3, -0.25) is 18.8 Å². The highest BCUT2D eigenvalue weighted by Gasteiger charge is 2.53. The first-order chi connectivity index (χ1) is 17.8. The highest BCUT2D eigenvalue weighted by Crippen LogP contribution is 2.49. The van der Waals surface area contributed by atoms with E-state index in [1.807, 2.05) is 26.0 Å². The highest BCUT2D eigenvalue weighted by molar-refractivity contribution is 7.89. The summed E-state index contributed by atoms with van der Waals surface area (Å²) >= 11 is 6.08. The second kappa shape index (κ2) is 9.51. The van der Waals surface area contributed by atoms with Gasteiger partial charge in [0.15, 0.2) is 0 Å². The van der Waals surface area contributed by atoms with Crippen molar-refractivity contribution in [2.75, 3.05) is 31.5 Å². The van der Waals surface area contributed by atoms with Crippen LogP contribution in [0.25, 0.3) is 11.0 Å². The number of nitrogens with zero attached hydrogens (tertiary/aromatic N) is 4. The number of sulfonamides is 1. The molecule has 1 aromatic heterocycles. The minimum atomic E-state index is -3.68. The number of benzene rings is 2. The fraction of sp³-hybridized carbons (Fsp3) is 0.481. The maximum Gasteiger partial charge on any atom is 0.328 e. The van der Waals surface area contributed by atoms with Gasteiger partial charge < -0.3 is 5.32 Å². The quantitative estimate of drug-likeness (QED) is 0.517. The van der Waals surface area contributed by atoms with Crippen LogP contribution < -0.4 is 11.0 Å². The maximum atomic E-state index is 13.5. The van der Waals surface area contributed by atoms with Crippen molar-refractivity contribution < 1.29 is 13.2 Å². The molecule has 1 amide bonds. The topological polar surface area (TPSA) is 96.7 Å². The molecule has 5 rings (SSSR count). The summed E-state index contributed by atoms with van der Waals surface area (Å²) in [5, 5.41) is 3.36. The molecule has 11 heteroatoms. The number of anilines is 1. The lowest BCUT2D eigenvalue weighted by molar-refractivity contribution is -0.117. The Balaban J connectivity index is 1.22. The molecule has 0 aliphatic carbocycles. The predicted molar refractivity (Wildman–Crippen MR) is 149 cm³/mol. The third-order valence-electron chi connectivity index (χ3n) is 8.19. The van der Waals surface area contributed by atoms with E-state index in [-0.39, 0.29) is 28.5 Å². The lowest BCUT2D eigenvalue weighted by Crippen LogP contribution is -2.45. The number of piperidine rings is 1.